The van der Waals surface area contributed by atoms with Crippen LogP contribution in [0.1, 0.15) is 38.8 Å². The quantitative estimate of drug-likeness (QED) is 0.688. The van der Waals surface area contributed by atoms with Crippen LogP contribution in [0.3, 0.4) is 0 Å². The van der Waals surface area contributed by atoms with Crippen LogP contribution < -0.4 is 4.74 Å². The average Bonchev–Trinajstić information content (AvgIpc) is 2.61. The Kier molecular flexibility index (Phi) is 6.34. The third kappa shape index (κ3) is 4.92. The fraction of sp³-hybridized carbons (Fsp3) is 0.333. The van der Waals surface area contributed by atoms with E-state index < -0.39 is 0 Å². The van der Waals surface area contributed by atoms with E-state index in [2.05, 4.69) is 13.8 Å². The minimum Gasteiger partial charge on any atom is -0.508 e. The van der Waals surface area contributed by atoms with Gasteiger partial charge in [0.15, 0.2) is 6.26 Å². The second-order valence-corrected chi connectivity index (χ2v) is 6.12. The highest BCUT2D eigenvalue weighted by Crippen LogP contribution is 2.33. The largest absolute Gasteiger partial charge is 0.508 e. The Bertz CT molecular complexity index is 677. The van der Waals surface area contributed by atoms with Gasteiger partial charge in [-0.1, -0.05) is 38.1 Å². The van der Waals surface area contributed by atoms with Gasteiger partial charge in [-0.2, -0.15) is 0 Å². The van der Waals surface area contributed by atoms with Crippen LogP contribution in [-0.2, 0) is 14.9 Å². The zero-order valence-electron chi connectivity index (χ0n) is 15.3. The zero-order valence-corrected chi connectivity index (χ0v) is 15.3. The van der Waals surface area contributed by atoms with Crippen LogP contribution in [-0.4, -0.2) is 18.3 Å². The second-order valence-electron chi connectivity index (χ2n) is 6.12. The molecule has 0 radical (unpaired) electrons. The van der Waals surface area contributed by atoms with Crippen LogP contribution >= 0.6 is 0 Å². The van der Waals surface area contributed by atoms with Gasteiger partial charge in [0.1, 0.15) is 11.5 Å². The van der Waals surface area contributed by atoms with Crippen LogP contribution in [0.5, 0.6) is 11.5 Å². The fourth-order valence-electron chi connectivity index (χ4n) is 2.51. The van der Waals surface area contributed by atoms with E-state index in [9.17, 15) is 5.11 Å². The van der Waals surface area contributed by atoms with Gasteiger partial charge in [0.25, 0.3) is 0 Å². The van der Waals surface area contributed by atoms with Gasteiger partial charge in [-0.15, -0.1) is 0 Å². The SMILES string of the molecule is CCOC(=COc1ccc(C(C)(C)c2ccc(O)cc2)cc1)OCC. The molecule has 0 saturated carbocycles. The summed E-state index contributed by atoms with van der Waals surface area (Å²) in [5.41, 5.74) is 2.11. The predicted molar refractivity (Wildman–Crippen MR) is 98.6 cm³/mol. The molecule has 0 saturated heterocycles. The summed E-state index contributed by atoms with van der Waals surface area (Å²) in [6.45, 7) is 9.14. The summed E-state index contributed by atoms with van der Waals surface area (Å²) in [6.07, 6.45) is 1.48. The Balaban J connectivity index is 2.13. The van der Waals surface area contributed by atoms with E-state index in [1.165, 1.54) is 6.26 Å². The van der Waals surface area contributed by atoms with E-state index in [-0.39, 0.29) is 11.2 Å². The van der Waals surface area contributed by atoms with Crippen LogP contribution in [0.2, 0.25) is 0 Å². The Labute approximate surface area is 149 Å². The molecule has 4 nitrogen and oxygen atoms in total. The standard InChI is InChI=1S/C21H26O4/c1-5-23-20(24-6-2)15-25-19-13-9-17(10-14-19)21(3,4)16-7-11-18(22)12-8-16/h7-15,22H,5-6H2,1-4H3. The first kappa shape index (κ1) is 18.7. The van der Waals surface area contributed by atoms with Gasteiger partial charge < -0.3 is 19.3 Å². The summed E-state index contributed by atoms with van der Waals surface area (Å²) in [5, 5.41) is 9.47. The smallest absolute Gasteiger partial charge is 0.316 e. The Hall–Kier alpha value is -2.62. The zero-order chi connectivity index (χ0) is 18.3. The van der Waals surface area contributed by atoms with E-state index in [4.69, 9.17) is 14.2 Å². The number of phenols is 1. The topological polar surface area (TPSA) is 47.9 Å². The lowest BCUT2D eigenvalue weighted by Gasteiger charge is -2.26. The van der Waals surface area contributed by atoms with Crippen molar-refractivity contribution in [3.8, 4) is 11.5 Å². The van der Waals surface area contributed by atoms with Crippen LogP contribution in [0, 0.1) is 0 Å². The molecule has 4 heteroatoms. The molecule has 2 aromatic rings. The molecule has 2 aromatic carbocycles. The number of benzene rings is 2. The van der Waals surface area contributed by atoms with E-state index in [0.29, 0.717) is 24.9 Å². The van der Waals surface area contributed by atoms with Gasteiger partial charge in [-0.05, 0) is 49.2 Å². The molecule has 0 aliphatic rings. The van der Waals surface area contributed by atoms with Crippen molar-refractivity contribution >= 4 is 0 Å². The molecule has 2 rings (SSSR count). The molecule has 0 aliphatic heterocycles. The monoisotopic (exact) mass is 342 g/mol. The number of rotatable bonds is 8. The highest BCUT2D eigenvalue weighted by atomic mass is 16.7. The molecular formula is C21H26O4. The lowest BCUT2D eigenvalue weighted by molar-refractivity contribution is 0.0389. The maximum Gasteiger partial charge on any atom is 0.316 e. The van der Waals surface area contributed by atoms with Gasteiger partial charge in [0.05, 0.1) is 13.2 Å². The summed E-state index contributed by atoms with van der Waals surface area (Å²) in [7, 11) is 0. The van der Waals surface area contributed by atoms with Gasteiger partial charge in [0, 0.05) is 5.41 Å². The highest BCUT2D eigenvalue weighted by Gasteiger charge is 2.23. The lowest BCUT2D eigenvalue weighted by atomic mass is 9.78. The average molecular weight is 342 g/mol. The van der Waals surface area contributed by atoms with Crippen LogP contribution in [0.25, 0.3) is 0 Å². The first-order valence-corrected chi connectivity index (χ1v) is 8.49. The molecule has 134 valence electrons. The van der Waals surface area contributed by atoms with E-state index in [0.717, 1.165) is 11.1 Å². The number of hydrogen-bond acceptors (Lipinski definition) is 4. The Morgan fingerprint density at radius 2 is 1.36 bits per heavy atom. The summed E-state index contributed by atoms with van der Waals surface area (Å²) >= 11 is 0. The van der Waals surface area contributed by atoms with Crippen molar-refractivity contribution in [2.75, 3.05) is 13.2 Å². The van der Waals surface area contributed by atoms with Crippen LogP contribution in [0.4, 0.5) is 0 Å². The molecule has 0 fully saturated rings. The van der Waals surface area contributed by atoms with Gasteiger partial charge >= 0.3 is 5.95 Å². The van der Waals surface area contributed by atoms with Crippen molar-refractivity contribution in [3.63, 3.8) is 0 Å². The Morgan fingerprint density at radius 3 is 1.84 bits per heavy atom. The van der Waals surface area contributed by atoms with E-state index in [1.807, 2.05) is 50.2 Å². The maximum atomic E-state index is 9.47. The minimum absolute atomic E-state index is 0.177. The normalized spacial score (nSPS) is 10.9. The number of ether oxygens (including phenoxy) is 3. The summed E-state index contributed by atoms with van der Waals surface area (Å²) in [5.74, 6) is 1.36. The van der Waals surface area contributed by atoms with Crippen LogP contribution in [0.15, 0.2) is 60.7 Å². The molecule has 0 unspecified atom stereocenters. The van der Waals surface area contributed by atoms with Crippen molar-refractivity contribution in [3.05, 3.63) is 71.9 Å². The minimum atomic E-state index is -0.177. The van der Waals surface area contributed by atoms with Crippen molar-refractivity contribution in [2.45, 2.75) is 33.1 Å². The van der Waals surface area contributed by atoms with Gasteiger partial charge in [-0.25, -0.2) is 0 Å². The highest BCUT2D eigenvalue weighted by molar-refractivity contribution is 5.41. The molecular weight excluding hydrogens is 316 g/mol. The van der Waals surface area contributed by atoms with Gasteiger partial charge in [0.2, 0.25) is 0 Å². The molecule has 0 spiro atoms. The van der Waals surface area contributed by atoms with Crippen molar-refractivity contribution in [2.24, 2.45) is 0 Å². The maximum absolute atomic E-state index is 9.47. The van der Waals surface area contributed by atoms with Crippen molar-refractivity contribution in [1.82, 2.24) is 0 Å². The molecule has 0 atom stereocenters. The molecule has 0 aliphatic carbocycles. The van der Waals surface area contributed by atoms with Gasteiger partial charge in [-0.3, -0.25) is 0 Å². The third-order valence-corrected chi connectivity index (χ3v) is 4.03. The van der Waals surface area contributed by atoms with Crippen molar-refractivity contribution < 1.29 is 19.3 Å². The van der Waals surface area contributed by atoms with E-state index in [1.54, 1.807) is 12.1 Å². The molecule has 0 amide bonds. The lowest BCUT2D eigenvalue weighted by Crippen LogP contribution is -2.18. The predicted octanol–water partition coefficient (Wildman–Crippen LogP) is 4.97. The van der Waals surface area contributed by atoms with Crippen molar-refractivity contribution in [1.29, 1.82) is 0 Å². The molecule has 0 heterocycles. The summed E-state index contributed by atoms with van der Waals surface area (Å²) < 4.78 is 16.3. The first-order valence-electron chi connectivity index (χ1n) is 8.49. The molecule has 0 bridgehead atoms. The molecule has 0 aromatic heterocycles. The molecule has 25 heavy (non-hydrogen) atoms. The Morgan fingerprint density at radius 1 is 0.880 bits per heavy atom. The number of hydrogen-bond donors (Lipinski definition) is 1. The summed E-state index contributed by atoms with van der Waals surface area (Å²) in [4.78, 5) is 0. The third-order valence-electron chi connectivity index (χ3n) is 4.03. The summed E-state index contributed by atoms with van der Waals surface area (Å²) in [6, 6.07) is 15.2. The first-order chi connectivity index (χ1) is 12.0. The number of aromatic hydroxyl groups is 1. The number of phenolic OH excluding ortho intramolecular Hbond substituents is 1. The fourth-order valence-corrected chi connectivity index (χ4v) is 2.51. The second kappa shape index (κ2) is 8.47. The van der Waals surface area contributed by atoms with E-state index >= 15 is 0 Å². The molecule has 1 N–H and O–H groups in total.